The third kappa shape index (κ3) is 8.96. The number of pyridine rings is 1. The predicted molar refractivity (Wildman–Crippen MR) is 228 cm³/mol. The highest BCUT2D eigenvalue weighted by molar-refractivity contribution is 6.99. The van der Waals surface area contributed by atoms with Crippen molar-refractivity contribution in [2.75, 3.05) is 26.0 Å². The first-order valence-corrected chi connectivity index (χ1v) is 21.6. The average Bonchev–Trinajstić information content (AvgIpc) is 3.63. The fraction of sp³-hybridized carbons (Fsp3) is 0.391. The number of anilines is 1. The molecule has 13 heteroatoms. The van der Waals surface area contributed by atoms with Crippen LogP contribution in [0, 0.1) is 0 Å². The Morgan fingerprint density at radius 2 is 1.46 bits per heavy atom. The molecule has 6 rings (SSSR count). The highest BCUT2D eigenvalue weighted by atomic mass is 28.4. The minimum absolute atomic E-state index is 0.00000375. The fourth-order valence-electron chi connectivity index (χ4n) is 7.95. The molecule has 0 unspecified atom stereocenters. The van der Waals surface area contributed by atoms with E-state index < -0.39 is 80.7 Å². The summed E-state index contributed by atoms with van der Waals surface area (Å²) in [7, 11) is -2.02. The van der Waals surface area contributed by atoms with Crippen LogP contribution in [0.1, 0.15) is 76.9 Å². The number of benzene rings is 3. The lowest BCUT2D eigenvalue weighted by Gasteiger charge is -2.45. The molecule has 0 saturated heterocycles. The number of methoxy groups -OCH3 is 1. The van der Waals surface area contributed by atoms with Crippen LogP contribution in [0.4, 0.5) is 19.4 Å². The number of rotatable bonds is 11. The van der Waals surface area contributed by atoms with Gasteiger partial charge in [-0.05, 0) is 84.9 Å². The van der Waals surface area contributed by atoms with Gasteiger partial charge in [0, 0.05) is 30.1 Å². The summed E-state index contributed by atoms with van der Waals surface area (Å²) in [6.07, 6.45) is -1.27. The molecule has 2 heterocycles. The van der Waals surface area contributed by atoms with Gasteiger partial charge in [-0.15, -0.1) is 0 Å². The largest absolute Gasteiger partial charge is 0.497 e. The van der Waals surface area contributed by atoms with Crippen LogP contribution in [0.3, 0.4) is 0 Å². The number of carbonyl (C=O) groups is 3. The summed E-state index contributed by atoms with van der Waals surface area (Å²) in [5.74, 6) is -4.58. The van der Waals surface area contributed by atoms with Crippen LogP contribution < -0.4 is 20.4 Å². The molecule has 1 saturated carbocycles. The first-order chi connectivity index (χ1) is 29.0. The Bertz CT molecular complexity index is 2330. The van der Waals surface area contributed by atoms with Crippen LogP contribution >= 0.6 is 0 Å². The molecule has 5 aromatic rings. The van der Waals surface area contributed by atoms with Gasteiger partial charge >= 0.3 is 6.09 Å². The zero-order valence-corrected chi connectivity index (χ0v) is 35.6. The van der Waals surface area contributed by atoms with E-state index in [9.17, 15) is 18.4 Å². The molecule has 0 bridgehead atoms. The Kier molecular flexibility index (Phi) is 11.1. The smallest absolute Gasteiger partial charge is 0.419 e. The minimum atomic E-state index is -3.48. The van der Waals surface area contributed by atoms with E-state index in [1.165, 1.54) is 23.9 Å². The van der Waals surface area contributed by atoms with Gasteiger partial charge in [-0.3, -0.25) is 14.2 Å². The number of aromatic nitrogens is 2. The molecule has 3 aromatic carbocycles. The molecule has 1 fully saturated rings. The van der Waals surface area contributed by atoms with Crippen LogP contribution in [-0.2, 0) is 24.2 Å². The van der Waals surface area contributed by atoms with E-state index in [1.54, 1.807) is 57.2 Å². The van der Waals surface area contributed by atoms with Crippen molar-refractivity contribution in [2.24, 2.45) is 0 Å². The summed E-state index contributed by atoms with van der Waals surface area (Å²) in [5, 5.41) is 3.81. The van der Waals surface area contributed by atoms with Gasteiger partial charge < -0.3 is 24.1 Å². The Balaban J connectivity index is 1.49. The topological polar surface area (TPSA) is 112 Å². The lowest BCUT2D eigenvalue weighted by atomic mass is 9.67. The number of hydrogen-bond donors (Lipinski definition) is 1. The molecule has 10 nitrogen and oxygen atoms in total. The first-order valence-electron chi connectivity index (χ1n) is 21.1. The van der Waals surface area contributed by atoms with E-state index in [1.807, 2.05) is 81.4 Å². The van der Waals surface area contributed by atoms with Crippen molar-refractivity contribution < 1.29 is 41.2 Å². The van der Waals surface area contributed by atoms with Gasteiger partial charge in [-0.2, -0.15) is 0 Å². The molecule has 0 radical (unpaired) electrons. The van der Waals surface area contributed by atoms with Gasteiger partial charge in [-0.1, -0.05) is 93.6 Å². The molecule has 1 aliphatic rings. The van der Waals surface area contributed by atoms with Crippen LogP contribution in [-0.4, -0.2) is 78.9 Å². The molecule has 1 aliphatic carbocycles. The fourth-order valence-corrected chi connectivity index (χ4v) is 12.5. The van der Waals surface area contributed by atoms with Crippen molar-refractivity contribution in [3.05, 3.63) is 115 Å². The predicted octanol–water partition coefficient (Wildman–Crippen LogP) is 8.32. The molecule has 59 heavy (non-hydrogen) atoms. The second-order valence-corrected chi connectivity index (χ2v) is 21.4. The number of nitrogens with zero attached hydrogens (tertiary/aromatic N) is 3. The highest BCUT2D eigenvalue weighted by Crippen LogP contribution is 2.47. The van der Waals surface area contributed by atoms with Crippen LogP contribution in [0.2, 0.25) is 5.04 Å². The minimum Gasteiger partial charge on any atom is -0.497 e. The monoisotopic (exact) mass is 827 g/mol. The standard InChI is InChI=1S/C46H54F2N4O6Si/c1-43(2,3)58-42(55)52-30-25-36-37(52)23-24-39(49-36)50-40(53)38(31-57-59(44(4,5)6,34-15-11-9-12-16-34)35-17-13-10-14-18-35)51(7)41(54)45(26-28-46(47,48)29-27-45)32-19-21-33(56-8)22-20-32/h9-25,30,38H,26-29,31H2,1-8H3,(H,49,50,53)/t38-/m1/s1/i7D3. The van der Waals surface area contributed by atoms with E-state index in [4.69, 9.17) is 18.0 Å². The molecule has 312 valence electrons. The number of fused-ring (bicyclic) bond motifs is 1. The maximum Gasteiger partial charge on any atom is 0.419 e. The lowest BCUT2D eigenvalue weighted by Crippen LogP contribution is -2.68. The molecular weight excluding hydrogens is 771 g/mol. The number of carbonyl (C=O) groups excluding carboxylic acids is 3. The zero-order valence-electron chi connectivity index (χ0n) is 37.6. The van der Waals surface area contributed by atoms with Crippen molar-refractivity contribution in [3.63, 3.8) is 0 Å². The van der Waals surface area contributed by atoms with E-state index in [2.05, 4.69) is 10.3 Å². The molecule has 2 aromatic heterocycles. The molecule has 2 amide bonds. The highest BCUT2D eigenvalue weighted by Gasteiger charge is 2.53. The Morgan fingerprint density at radius 1 is 0.864 bits per heavy atom. The quantitative estimate of drug-likeness (QED) is 0.133. The third-order valence-electron chi connectivity index (χ3n) is 11.0. The Labute approximate surface area is 350 Å². The molecule has 1 atom stereocenters. The second-order valence-electron chi connectivity index (χ2n) is 17.1. The summed E-state index contributed by atoms with van der Waals surface area (Å²) in [6, 6.07) is 28.1. The van der Waals surface area contributed by atoms with Crippen molar-refractivity contribution in [1.82, 2.24) is 14.5 Å². The van der Waals surface area contributed by atoms with Crippen LogP contribution in [0.15, 0.2) is 109 Å². The van der Waals surface area contributed by atoms with E-state index in [-0.39, 0.29) is 18.7 Å². The summed E-state index contributed by atoms with van der Waals surface area (Å²) >= 11 is 0. The maximum absolute atomic E-state index is 15.4. The van der Waals surface area contributed by atoms with Crippen molar-refractivity contribution >= 4 is 53.4 Å². The number of amides is 2. The number of ether oxygens (including phenoxy) is 2. The zero-order chi connectivity index (χ0) is 45.3. The number of nitrogens with one attached hydrogen (secondary N) is 1. The van der Waals surface area contributed by atoms with E-state index in [0.717, 1.165) is 10.4 Å². The average molecular weight is 828 g/mol. The van der Waals surface area contributed by atoms with Crippen LogP contribution in [0.25, 0.3) is 11.0 Å². The second kappa shape index (κ2) is 16.7. The lowest BCUT2D eigenvalue weighted by molar-refractivity contribution is -0.147. The van der Waals surface area contributed by atoms with Crippen molar-refractivity contribution in [2.45, 2.75) is 95.2 Å². The summed E-state index contributed by atoms with van der Waals surface area (Å²) in [6.45, 7) is 7.42. The van der Waals surface area contributed by atoms with Gasteiger partial charge in [0.2, 0.25) is 11.8 Å². The third-order valence-corrected chi connectivity index (χ3v) is 16.0. The molecule has 0 spiro atoms. The first kappa shape index (κ1) is 39.1. The number of likely N-dealkylation sites (N-methyl/N-ethyl adjacent to an activating group) is 1. The number of hydrogen-bond acceptors (Lipinski definition) is 7. The number of alkyl halides is 2. The Hall–Kier alpha value is -5.40. The molecular formula is C46H54F2N4O6Si. The van der Waals surface area contributed by atoms with Crippen molar-refractivity contribution in [3.8, 4) is 5.75 Å². The SMILES string of the molecule is [2H]C([2H])([2H])N(C(=O)C1(c2ccc(OC)cc2)CCC(F)(F)CC1)[C@H](CO[Si](c1ccccc1)(c1ccccc1)C(C)(C)C)C(=O)Nc1ccc2c(ccn2C(=O)OC(C)(C)C)n1. The van der Waals surface area contributed by atoms with Gasteiger partial charge in [0.25, 0.3) is 14.2 Å². The molecule has 0 aliphatic heterocycles. The maximum atomic E-state index is 15.4. The van der Waals surface area contributed by atoms with Gasteiger partial charge in [-0.25, -0.2) is 18.6 Å². The van der Waals surface area contributed by atoms with Gasteiger partial charge in [0.05, 0.1) is 30.2 Å². The normalized spacial score (nSPS) is 16.9. The van der Waals surface area contributed by atoms with E-state index in [0.29, 0.717) is 27.2 Å². The van der Waals surface area contributed by atoms with Crippen molar-refractivity contribution in [1.29, 1.82) is 0 Å². The Morgan fingerprint density at radius 3 is 1.98 bits per heavy atom. The van der Waals surface area contributed by atoms with E-state index >= 15 is 4.79 Å². The van der Waals surface area contributed by atoms with Crippen LogP contribution in [0.5, 0.6) is 5.75 Å². The summed E-state index contributed by atoms with van der Waals surface area (Å²) in [5.41, 5.74) is -1.49. The van der Waals surface area contributed by atoms with Gasteiger partial charge in [0.15, 0.2) is 0 Å². The van der Waals surface area contributed by atoms with Gasteiger partial charge in [0.1, 0.15) is 23.2 Å². The summed E-state index contributed by atoms with van der Waals surface area (Å²) in [4.78, 5) is 48.5. The number of halogens is 2. The summed E-state index contributed by atoms with van der Waals surface area (Å²) < 4.78 is 76.0. The molecule has 1 N–H and O–H groups in total.